The number of nitrogens with two attached hydrogens (primary N) is 2. The molecule has 0 bridgehead atoms. The Morgan fingerprint density at radius 3 is 2.35 bits per heavy atom. The van der Waals surface area contributed by atoms with E-state index in [1.807, 2.05) is 66.1 Å². The van der Waals surface area contributed by atoms with Gasteiger partial charge in [-0.25, -0.2) is 20.3 Å². The van der Waals surface area contributed by atoms with E-state index < -0.39 is 47.8 Å². The summed E-state index contributed by atoms with van der Waals surface area (Å²) in [6, 6.07) is 17.5. The van der Waals surface area contributed by atoms with Gasteiger partial charge in [-0.1, -0.05) is 77.6 Å². The van der Waals surface area contributed by atoms with Gasteiger partial charge in [-0.2, -0.15) is 0 Å². The van der Waals surface area contributed by atoms with E-state index in [4.69, 9.17) is 21.2 Å². The van der Waals surface area contributed by atoms with Crippen molar-refractivity contribution in [2.75, 3.05) is 23.8 Å². The number of nitrogens with one attached hydrogen (secondary N) is 2. The number of aromatic nitrogens is 5. The number of rotatable bonds is 13. The number of tetrazole rings is 1. The van der Waals surface area contributed by atoms with Gasteiger partial charge >= 0.3 is 5.97 Å². The normalized spacial score (nSPS) is 16.6. The van der Waals surface area contributed by atoms with Crippen LogP contribution in [0.5, 0.6) is 0 Å². The summed E-state index contributed by atoms with van der Waals surface area (Å²) in [6.07, 6.45) is -0.764. The average Bonchev–Trinajstić information content (AvgIpc) is 3.77. The number of carbonyl (C=O) groups excluding carboxylic acids is 4. The van der Waals surface area contributed by atoms with E-state index in [2.05, 4.69) is 31.0 Å². The van der Waals surface area contributed by atoms with Gasteiger partial charge < -0.3 is 20.6 Å². The maximum atomic E-state index is 14.2. The minimum Gasteiger partial charge on any atom is -0.448 e. The molecular weight excluding hydrogens is 778 g/mol. The number of anilines is 1. The standard InChI is InChI=1S/C30H29N11O6S3.2ClH/c1-40-30(36-38-39-40)50-14-18-13-48-27-22(34-25(43)21(19-15-49-29(31)33-19)37-46-12-20(42)35-32)26(44)41(27)23(18)28(45)47-24(16-8-4-2-5-9-16)17-10-6-3-7-11-17;;/h2-11,15,22,24,27H,12-14,32H2,1H3,(H2,31,33)(H,34,43)(H,35,42);2*1H/t22?,27-;;/m0../s1. The molecule has 6 rings (SSSR count). The quantitative estimate of drug-likeness (QED) is 0.0286. The van der Waals surface area contributed by atoms with Gasteiger partial charge in [0.05, 0.1) is 0 Å². The van der Waals surface area contributed by atoms with E-state index in [9.17, 15) is 19.2 Å². The first kappa shape index (κ1) is 40.0. The Kier molecular flexibility index (Phi) is 14.0. The molecule has 6 N–H and O–H groups in total. The van der Waals surface area contributed by atoms with Crippen LogP contribution in [0, 0.1) is 0 Å². The Labute approximate surface area is 321 Å². The molecule has 274 valence electrons. The van der Waals surface area contributed by atoms with E-state index in [1.54, 1.807) is 7.05 Å². The number of benzene rings is 2. The molecule has 2 aromatic carbocycles. The van der Waals surface area contributed by atoms with Crippen LogP contribution in [-0.2, 0) is 35.8 Å². The SMILES string of the molecule is Cl.Cl.Cn1nnnc1SCC1=C(C(=O)OC(c2ccccc2)c2ccccc2)N2C(=O)C(NC(=O)C(=NOCC(=O)NN)c3csc(N)n3)[C@@H]2SC1. The third kappa shape index (κ3) is 8.82. The molecule has 4 heterocycles. The van der Waals surface area contributed by atoms with Crippen molar-refractivity contribution in [1.29, 1.82) is 0 Å². The maximum Gasteiger partial charge on any atom is 0.356 e. The number of fused-ring (bicyclic) bond motifs is 1. The highest BCUT2D eigenvalue weighted by atomic mass is 35.5. The van der Waals surface area contributed by atoms with Gasteiger partial charge in [0.25, 0.3) is 17.7 Å². The Hall–Kier alpha value is -4.73. The lowest BCUT2D eigenvalue weighted by atomic mass is 10.0. The van der Waals surface area contributed by atoms with Crippen molar-refractivity contribution in [2.45, 2.75) is 22.7 Å². The predicted octanol–water partition coefficient (Wildman–Crippen LogP) is 1.58. The zero-order valence-electron chi connectivity index (χ0n) is 27.0. The van der Waals surface area contributed by atoms with E-state index in [0.29, 0.717) is 16.5 Å². The third-order valence-corrected chi connectivity index (χ3v) is 10.5. The highest BCUT2D eigenvalue weighted by Gasteiger charge is 2.55. The molecule has 1 saturated heterocycles. The molecule has 2 aliphatic rings. The number of carbonyl (C=O) groups is 4. The summed E-state index contributed by atoms with van der Waals surface area (Å²) in [4.78, 5) is 63.6. The first-order chi connectivity index (χ1) is 24.2. The van der Waals surface area contributed by atoms with Crippen LogP contribution >= 0.6 is 59.7 Å². The zero-order valence-corrected chi connectivity index (χ0v) is 31.1. The lowest BCUT2D eigenvalue weighted by Gasteiger charge is -2.49. The van der Waals surface area contributed by atoms with Crippen LogP contribution < -0.4 is 22.3 Å². The van der Waals surface area contributed by atoms with Crippen LogP contribution in [0.15, 0.2) is 87.6 Å². The Morgan fingerprint density at radius 2 is 1.77 bits per heavy atom. The minimum atomic E-state index is -1.04. The average molecular weight is 809 g/mol. The summed E-state index contributed by atoms with van der Waals surface area (Å²) in [6.45, 7) is -0.573. The molecule has 22 heteroatoms. The highest BCUT2D eigenvalue weighted by molar-refractivity contribution is 8.01. The number of β-lactam (4-membered cyclic amide) rings is 1. The summed E-state index contributed by atoms with van der Waals surface area (Å²) in [5.74, 6) is 2.97. The smallest absolute Gasteiger partial charge is 0.356 e. The minimum absolute atomic E-state index is 0. The van der Waals surface area contributed by atoms with E-state index >= 15 is 0 Å². The van der Waals surface area contributed by atoms with Gasteiger partial charge in [-0.15, -0.1) is 53.0 Å². The number of hydrogen-bond acceptors (Lipinski definition) is 16. The number of thioether (sulfide) groups is 2. The number of ether oxygens (including phenoxy) is 1. The number of hydrogen-bond donors (Lipinski definition) is 4. The number of oxime groups is 1. The number of amides is 3. The fraction of sp³-hybridized carbons (Fsp3) is 0.233. The number of aryl methyl sites for hydroxylation is 1. The first-order valence-electron chi connectivity index (χ1n) is 14.8. The Bertz CT molecular complexity index is 1930. The Balaban J connectivity index is 0.00000302. The van der Waals surface area contributed by atoms with Crippen LogP contribution in [0.25, 0.3) is 0 Å². The molecule has 4 aromatic rings. The van der Waals surface area contributed by atoms with Gasteiger partial charge in [-0.3, -0.25) is 24.7 Å². The molecule has 1 fully saturated rings. The number of hydrazine groups is 1. The lowest BCUT2D eigenvalue weighted by Crippen LogP contribution is -2.71. The molecular formula is C30H31Cl2N11O6S3. The fourth-order valence-electron chi connectivity index (χ4n) is 5.03. The van der Waals surface area contributed by atoms with E-state index in [1.165, 1.54) is 38.5 Å². The second-order valence-corrected chi connectivity index (χ2v) is 13.6. The summed E-state index contributed by atoms with van der Waals surface area (Å²) < 4.78 is 7.71. The van der Waals surface area contributed by atoms with Crippen LogP contribution in [0.1, 0.15) is 22.9 Å². The molecule has 0 saturated carbocycles. The van der Waals surface area contributed by atoms with Gasteiger partial charge in [0.2, 0.25) is 5.16 Å². The van der Waals surface area contributed by atoms with Gasteiger partial charge in [-0.05, 0) is 27.1 Å². The molecule has 2 aromatic heterocycles. The molecule has 0 aliphatic carbocycles. The van der Waals surface area contributed by atoms with Crippen LogP contribution in [-0.4, -0.2) is 89.0 Å². The number of thiazole rings is 1. The molecule has 2 atom stereocenters. The van der Waals surface area contributed by atoms with Crippen molar-refractivity contribution >= 4 is 94.2 Å². The van der Waals surface area contributed by atoms with Crippen LogP contribution in [0.3, 0.4) is 0 Å². The molecule has 2 aliphatic heterocycles. The first-order valence-corrected chi connectivity index (χ1v) is 17.7. The summed E-state index contributed by atoms with van der Waals surface area (Å²) in [5, 5.41) is 19.5. The second kappa shape index (κ2) is 18.2. The second-order valence-electron chi connectivity index (χ2n) is 10.6. The number of nitrogen functional groups attached to an aromatic ring is 1. The third-order valence-electron chi connectivity index (χ3n) is 7.41. The van der Waals surface area contributed by atoms with Gasteiger partial charge in [0, 0.05) is 23.9 Å². The lowest BCUT2D eigenvalue weighted by molar-refractivity contribution is -0.154. The van der Waals surface area contributed by atoms with Crippen molar-refractivity contribution in [3.05, 3.63) is 94.1 Å². The van der Waals surface area contributed by atoms with Crippen molar-refractivity contribution < 1.29 is 28.8 Å². The van der Waals surface area contributed by atoms with Gasteiger partial charge in [0.15, 0.2) is 23.6 Å². The topological polar surface area (TPSA) is 235 Å². The van der Waals surface area contributed by atoms with Crippen molar-refractivity contribution in [3.8, 4) is 0 Å². The number of nitrogens with zero attached hydrogens (tertiary/aromatic N) is 7. The highest BCUT2D eigenvalue weighted by Crippen LogP contribution is 2.42. The predicted molar refractivity (Wildman–Crippen MR) is 198 cm³/mol. The number of halogens is 2. The molecule has 17 nitrogen and oxygen atoms in total. The maximum absolute atomic E-state index is 14.2. The molecule has 0 spiro atoms. The monoisotopic (exact) mass is 807 g/mol. The fourth-order valence-corrected chi connectivity index (χ4v) is 7.92. The zero-order chi connectivity index (χ0) is 35.2. The molecule has 3 amide bonds. The molecule has 52 heavy (non-hydrogen) atoms. The summed E-state index contributed by atoms with van der Waals surface area (Å²) in [7, 11) is 1.70. The van der Waals surface area contributed by atoms with Crippen molar-refractivity contribution in [3.63, 3.8) is 0 Å². The number of esters is 1. The van der Waals surface area contributed by atoms with Crippen LogP contribution in [0.4, 0.5) is 5.13 Å². The Morgan fingerprint density at radius 1 is 1.10 bits per heavy atom. The summed E-state index contributed by atoms with van der Waals surface area (Å²) in [5.41, 5.74) is 9.63. The largest absolute Gasteiger partial charge is 0.448 e. The molecule has 0 radical (unpaired) electrons. The van der Waals surface area contributed by atoms with Gasteiger partial charge in [0.1, 0.15) is 22.8 Å². The van der Waals surface area contributed by atoms with E-state index in [0.717, 1.165) is 22.5 Å². The van der Waals surface area contributed by atoms with E-state index in [-0.39, 0.29) is 52.8 Å². The summed E-state index contributed by atoms with van der Waals surface area (Å²) >= 11 is 3.73. The van der Waals surface area contributed by atoms with Crippen LogP contribution in [0.2, 0.25) is 0 Å². The molecule has 1 unspecified atom stereocenters. The van der Waals surface area contributed by atoms with Crippen molar-refractivity contribution in [1.82, 2.24) is 40.8 Å². The van der Waals surface area contributed by atoms with Crippen molar-refractivity contribution in [2.24, 2.45) is 18.0 Å².